The van der Waals surface area contributed by atoms with Crippen LogP contribution in [0.5, 0.6) is 0 Å². The molecule has 0 unspecified atom stereocenters. The van der Waals surface area contributed by atoms with Gasteiger partial charge in [-0.25, -0.2) is 13.2 Å². The lowest BCUT2D eigenvalue weighted by Gasteiger charge is -2.34. The van der Waals surface area contributed by atoms with Crippen molar-refractivity contribution < 1.29 is 22.8 Å². The Balaban J connectivity index is 1.68. The van der Waals surface area contributed by atoms with E-state index in [9.17, 15) is 22.8 Å². The molecule has 0 radical (unpaired) electrons. The molecule has 4 nitrogen and oxygen atoms in total. The lowest BCUT2D eigenvalue weighted by atomic mass is 10.1. The van der Waals surface area contributed by atoms with E-state index in [2.05, 4.69) is 0 Å². The molecule has 2 amide bonds. The summed E-state index contributed by atoms with van der Waals surface area (Å²) in [6.45, 7) is 1.00. The molecule has 1 aromatic carbocycles. The van der Waals surface area contributed by atoms with Gasteiger partial charge in [0, 0.05) is 26.2 Å². The maximum Gasteiger partial charge on any atom is 0.264 e. The van der Waals surface area contributed by atoms with Gasteiger partial charge in [-0.2, -0.15) is 0 Å². The maximum absolute atomic E-state index is 13.7. The monoisotopic (exact) mass is 354 g/mol. The third kappa shape index (κ3) is 3.01. The topological polar surface area (TPSA) is 40.6 Å². The van der Waals surface area contributed by atoms with Crippen molar-refractivity contribution in [3.8, 4) is 0 Å². The minimum Gasteiger partial charge on any atom is -0.335 e. The number of hydrogen-bond donors (Lipinski definition) is 0. The van der Waals surface area contributed by atoms with E-state index < -0.39 is 28.9 Å². The SMILES string of the molecule is O=C(c1cccs1)N1CCN(C(=O)c2ccc(F)c(F)c2F)CC1. The molecule has 2 heterocycles. The van der Waals surface area contributed by atoms with E-state index in [4.69, 9.17) is 0 Å². The second kappa shape index (κ2) is 6.64. The fourth-order valence-electron chi connectivity index (χ4n) is 2.53. The van der Waals surface area contributed by atoms with Crippen LogP contribution in [0.15, 0.2) is 29.6 Å². The first kappa shape index (κ1) is 16.5. The average molecular weight is 354 g/mol. The highest BCUT2D eigenvalue weighted by molar-refractivity contribution is 7.12. The molecule has 1 aromatic heterocycles. The number of rotatable bonds is 2. The molecule has 1 fully saturated rings. The molecule has 24 heavy (non-hydrogen) atoms. The zero-order valence-corrected chi connectivity index (χ0v) is 13.3. The minimum atomic E-state index is -1.66. The van der Waals surface area contributed by atoms with Gasteiger partial charge < -0.3 is 9.80 Å². The van der Waals surface area contributed by atoms with Crippen molar-refractivity contribution >= 4 is 23.2 Å². The van der Waals surface area contributed by atoms with E-state index in [0.717, 1.165) is 12.1 Å². The smallest absolute Gasteiger partial charge is 0.264 e. The predicted octanol–water partition coefficient (Wildman–Crippen LogP) is 2.76. The van der Waals surface area contributed by atoms with E-state index in [1.807, 2.05) is 0 Å². The summed E-state index contributed by atoms with van der Waals surface area (Å²) in [5, 5.41) is 1.80. The van der Waals surface area contributed by atoms with Gasteiger partial charge >= 0.3 is 0 Å². The fourth-order valence-corrected chi connectivity index (χ4v) is 3.22. The highest BCUT2D eigenvalue weighted by Gasteiger charge is 2.28. The molecule has 126 valence electrons. The van der Waals surface area contributed by atoms with Gasteiger partial charge in [0.2, 0.25) is 0 Å². The number of nitrogens with zero attached hydrogens (tertiary/aromatic N) is 2. The summed E-state index contributed by atoms with van der Waals surface area (Å²) in [5.41, 5.74) is -0.507. The fraction of sp³-hybridized carbons (Fsp3) is 0.250. The highest BCUT2D eigenvalue weighted by Crippen LogP contribution is 2.19. The van der Waals surface area contributed by atoms with Crippen LogP contribution in [0.4, 0.5) is 13.2 Å². The number of halogens is 3. The van der Waals surface area contributed by atoms with Crippen molar-refractivity contribution in [3.05, 3.63) is 57.5 Å². The molecular formula is C16H13F3N2O2S. The first-order valence-electron chi connectivity index (χ1n) is 7.24. The molecule has 1 aliphatic heterocycles. The Bertz CT molecular complexity index is 772. The second-order valence-electron chi connectivity index (χ2n) is 5.28. The van der Waals surface area contributed by atoms with Crippen LogP contribution in [-0.2, 0) is 0 Å². The van der Waals surface area contributed by atoms with Gasteiger partial charge in [0.25, 0.3) is 11.8 Å². The summed E-state index contributed by atoms with van der Waals surface area (Å²) in [7, 11) is 0. The van der Waals surface area contributed by atoms with E-state index in [0.29, 0.717) is 18.0 Å². The Labute approximate surface area is 140 Å². The number of amides is 2. The minimum absolute atomic E-state index is 0.115. The molecule has 0 atom stereocenters. The number of thiophene rings is 1. The molecule has 0 spiro atoms. The molecule has 0 aliphatic carbocycles. The summed E-state index contributed by atoms with van der Waals surface area (Å²) < 4.78 is 40.0. The summed E-state index contributed by atoms with van der Waals surface area (Å²) in [5.74, 6) is -5.31. The molecule has 1 saturated heterocycles. The molecule has 0 N–H and O–H groups in total. The molecule has 3 rings (SSSR count). The summed E-state index contributed by atoms with van der Waals surface area (Å²) in [6, 6.07) is 5.16. The van der Waals surface area contributed by atoms with Gasteiger partial charge in [-0.15, -0.1) is 11.3 Å². The number of carbonyl (C=O) groups excluding carboxylic acids is 2. The summed E-state index contributed by atoms with van der Waals surface area (Å²) in [4.78, 5) is 28.1. The van der Waals surface area contributed by atoms with Gasteiger partial charge in [0.15, 0.2) is 17.5 Å². The highest BCUT2D eigenvalue weighted by atomic mass is 32.1. The van der Waals surface area contributed by atoms with Crippen molar-refractivity contribution in [2.24, 2.45) is 0 Å². The van der Waals surface area contributed by atoms with Crippen molar-refractivity contribution in [1.29, 1.82) is 0 Å². The van der Waals surface area contributed by atoms with Crippen LogP contribution in [0, 0.1) is 17.5 Å². The normalized spacial score (nSPS) is 14.8. The Morgan fingerprint density at radius 2 is 1.50 bits per heavy atom. The van der Waals surface area contributed by atoms with Crippen LogP contribution in [0.25, 0.3) is 0 Å². The van der Waals surface area contributed by atoms with Gasteiger partial charge in [0.05, 0.1) is 10.4 Å². The maximum atomic E-state index is 13.7. The molecule has 0 bridgehead atoms. The molecule has 2 aromatic rings. The Morgan fingerprint density at radius 1 is 0.875 bits per heavy atom. The third-order valence-corrected chi connectivity index (χ3v) is 4.71. The summed E-state index contributed by atoms with van der Waals surface area (Å²) >= 11 is 1.34. The van der Waals surface area contributed by atoms with Crippen molar-refractivity contribution in [2.75, 3.05) is 26.2 Å². The van der Waals surface area contributed by atoms with Crippen LogP contribution in [0.2, 0.25) is 0 Å². The lowest BCUT2D eigenvalue weighted by molar-refractivity contribution is 0.0534. The second-order valence-corrected chi connectivity index (χ2v) is 6.23. The number of hydrogen-bond acceptors (Lipinski definition) is 3. The first-order chi connectivity index (χ1) is 11.5. The summed E-state index contributed by atoms with van der Waals surface area (Å²) in [6.07, 6.45) is 0. The van der Waals surface area contributed by atoms with Crippen molar-refractivity contribution in [3.63, 3.8) is 0 Å². The molecular weight excluding hydrogens is 341 g/mol. The van der Waals surface area contributed by atoms with Crippen LogP contribution in [0.1, 0.15) is 20.0 Å². The predicted molar refractivity (Wildman–Crippen MR) is 82.4 cm³/mol. The van der Waals surface area contributed by atoms with Crippen molar-refractivity contribution in [1.82, 2.24) is 9.80 Å². The molecule has 1 aliphatic rings. The van der Waals surface area contributed by atoms with Crippen LogP contribution < -0.4 is 0 Å². The average Bonchev–Trinajstić information content (AvgIpc) is 3.13. The van der Waals surface area contributed by atoms with Crippen LogP contribution in [0.3, 0.4) is 0 Å². The molecule has 0 saturated carbocycles. The Hall–Kier alpha value is -2.35. The van der Waals surface area contributed by atoms with Crippen LogP contribution >= 0.6 is 11.3 Å². The largest absolute Gasteiger partial charge is 0.335 e. The standard InChI is InChI=1S/C16H13F3N2O2S/c17-11-4-3-10(13(18)14(11)19)15(22)20-5-7-21(8-6-20)16(23)12-2-1-9-24-12/h1-4,9H,5-8H2. The third-order valence-electron chi connectivity index (χ3n) is 3.85. The Morgan fingerprint density at radius 3 is 2.08 bits per heavy atom. The van der Waals surface area contributed by atoms with Gasteiger partial charge in [-0.3, -0.25) is 9.59 Å². The lowest BCUT2D eigenvalue weighted by Crippen LogP contribution is -2.50. The Kier molecular flexibility index (Phi) is 4.57. The number of piperazine rings is 1. The zero-order valence-electron chi connectivity index (χ0n) is 12.5. The number of carbonyl (C=O) groups is 2. The van der Waals surface area contributed by atoms with Crippen molar-refractivity contribution in [2.45, 2.75) is 0 Å². The van der Waals surface area contributed by atoms with E-state index in [-0.39, 0.29) is 19.0 Å². The number of benzene rings is 1. The molecule has 8 heteroatoms. The zero-order chi connectivity index (χ0) is 17.3. The van der Waals surface area contributed by atoms with Gasteiger partial charge in [0.1, 0.15) is 0 Å². The van der Waals surface area contributed by atoms with E-state index in [1.165, 1.54) is 16.2 Å². The van der Waals surface area contributed by atoms with E-state index in [1.54, 1.807) is 22.4 Å². The van der Waals surface area contributed by atoms with Gasteiger partial charge in [-0.1, -0.05) is 6.07 Å². The van der Waals surface area contributed by atoms with Crippen LogP contribution in [-0.4, -0.2) is 47.8 Å². The first-order valence-corrected chi connectivity index (χ1v) is 8.12. The quantitative estimate of drug-likeness (QED) is 0.778. The van der Waals surface area contributed by atoms with E-state index >= 15 is 0 Å². The van der Waals surface area contributed by atoms with Gasteiger partial charge in [-0.05, 0) is 23.6 Å².